The highest BCUT2D eigenvalue weighted by atomic mass is 16.8. The van der Waals surface area contributed by atoms with Crippen LogP contribution in [0.15, 0.2) is 0 Å². The molecule has 4 fully saturated rings. The molecule has 4 saturated carbocycles. The fraction of sp³-hybridized carbons (Fsp3) is 0.875. The molecular weight excluding hydrogens is 528 g/mol. The van der Waals surface area contributed by atoms with Crippen LogP contribution in [0.25, 0.3) is 0 Å². The number of fused-ring (bicyclic) bond motifs is 5. The Morgan fingerprint density at radius 2 is 1.54 bits per heavy atom. The minimum Gasteiger partial charge on any atom is -0.481 e. The fourth-order valence-corrected chi connectivity index (χ4v) is 9.70. The molecule has 0 aromatic carbocycles. The molecule has 0 heterocycles. The van der Waals surface area contributed by atoms with Crippen molar-refractivity contribution >= 4 is 24.1 Å². The summed E-state index contributed by atoms with van der Waals surface area (Å²) in [4.78, 5) is 46.1. The summed E-state index contributed by atoms with van der Waals surface area (Å²) < 4.78 is 15.5. The van der Waals surface area contributed by atoms with Crippen LogP contribution in [0.1, 0.15) is 111 Å². The Labute approximate surface area is 244 Å². The number of esters is 1. The van der Waals surface area contributed by atoms with E-state index in [9.17, 15) is 24.3 Å². The molecule has 4 aliphatic rings. The minimum atomic E-state index is -0.969. The average Bonchev–Trinajstić information content (AvgIpc) is 3.27. The second kappa shape index (κ2) is 12.9. The van der Waals surface area contributed by atoms with Gasteiger partial charge >= 0.3 is 24.1 Å². The summed E-state index contributed by atoms with van der Waals surface area (Å²) in [5.74, 6) is 0.769. The standard InChI is InChI=1S/C32H50O9/c1-19(5-11-27(33)34)24-9-10-25-23-8-7-21-17-22(13-15-31(21,3)26(23)14-16-32(24,25)4)41-30(38)40-18-39-28(35)12-6-20(2)29(36)37/h19-26H,5-18H2,1-4H3,(H,33,34)(H,36,37)/t19-,20?,21-,22-,23?,24?,25?,26?,31+,32-/m1/s1. The van der Waals surface area contributed by atoms with E-state index in [-0.39, 0.29) is 30.8 Å². The Bertz CT molecular complexity index is 980. The first-order valence-electron chi connectivity index (χ1n) is 15.8. The quantitative estimate of drug-likeness (QED) is 0.203. The van der Waals surface area contributed by atoms with E-state index in [4.69, 9.17) is 19.3 Å². The predicted octanol–water partition coefficient (Wildman–Crippen LogP) is 6.67. The van der Waals surface area contributed by atoms with Gasteiger partial charge in [0.15, 0.2) is 0 Å². The zero-order valence-corrected chi connectivity index (χ0v) is 25.3. The molecule has 0 bridgehead atoms. The van der Waals surface area contributed by atoms with E-state index in [2.05, 4.69) is 20.8 Å². The summed E-state index contributed by atoms with van der Waals surface area (Å²) in [6, 6.07) is 0. The molecule has 10 atom stereocenters. The lowest BCUT2D eigenvalue weighted by Gasteiger charge is -2.61. The molecule has 4 aliphatic carbocycles. The van der Waals surface area contributed by atoms with Crippen LogP contribution in [-0.4, -0.2) is 47.2 Å². The first-order valence-corrected chi connectivity index (χ1v) is 15.8. The largest absolute Gasteiger partial charge is 0.511 e. The molecule has 4 rings (SSSR count). The number of aliphatic carboxylic acids is 2. The van der Waals surface area contributed by atoms with Crippen molar-refractivity contribution in [3.63, 3.8) is 0 Å². The zero-order valence-electron chi connectivity index (χ0n) is 25.3. The lowest BCUT2D eigenvalue weighted by molar-refractivity contribution is -0.156. The lowest BCUT2D eigenvalue weighted by atomic mass is 9.44. The van der Waals surface area contributed by atoms with Crippen LogP contribution in [0.3, 0.4) is 0 Å². The van der Waals surface area contributed by atoms with Crippen molar-refractivity contribution in [1.29, 1.82) is 0 Å². The summed E-state index contributed by atoms with van der Waals surface area (Å²) in [6.45, 7) is 8.23. The highest BCUT2D eigenvalue weighted by Gasteiger charge is 2.60. The number of carboxylic acids is 2. The number of carbonyl (C=O) groups excluding carboxylic acids is 2. The maximum atomic E-state index is 12.3. The smallest absolute Gasteiger partial charge is 0.481 e. The highest BCUT2D eigenvalue weighted by Crippen LogP contribution is 2.68. The van der Waals surface area contributed by atoms with Crippen molar-refractivity contribution in [1.82, 2.24) is 0 Å². The molecule has 0 aromatic rings. The molecule has 0 radical (unpaired) electrons. The first-order chi connectivity index (χ1) is 19.3. The van der Waals surface area contributed by atoms with Crippen LogP contribution >= 0.6 is 0 Å². The van der Waals surface area contributed by atoms with Gasteiger partial charge in [0, 0.05) is 12.8 Å². The fourth-order valence-electron chi connectivity index (χ4n) is 9.70. The van der Waals surface area contributed by atoms with Gasteiger partial charge in [0.1, 0.15) is 6.10 Å². The van der Waals surface area contributed by atoms with E-state index < -0.39 is 36.8 Å². The monoisotopic (exact) mass is 578 g/mol. The van der Waals surface area contributed by atoms with E-state index in [0.717, 1.165) is 43.9 Å². The van der Waals surface area contributed by atoms with Crippen LogP contribution in [0.5, 0.6) is 0 Å². The van der Waals surface area contributed by atoms with Gasteiger partial charge in [0.25, 0.3) is 0 Å². The molecule has 0 amide bonds. The Hall–Kier alpha value is -2.32. The van der Waals surface area contributed by atoms with Gasteiger partial charge in [0.05, 0.1) is 5.92 Å². The number of ether oxygens (including phenoxy) is 3. The van der Waals surface area contributed by atoms with E-state index in [1.807, 2.05) is 0 Å². The van der Waals surface area contributed by atoms with Crippen molar-refractivity contribution in [2.45, 2.75) is 117 Å². The molecule has 5 unspecified atom stereocenters. The minimum absolute atomic E-state index is 0.0542. The Kier molecular flexibility index (Phi) is 9.95. The van der Waals surface area contributed by atoms with Crippen molar-refractivity contribution in [3.05, 3.63) is 0 Å². The van der Waals surface area contributed by atoms with Crippen molar-refractivity contribution in [2.75, 3.05) is 6.79 Å². The third-order valence-corrected chi connectivity index (χ3v) is 12.1. The van der Waals surface area contributed by atoms with Crippen LogP contribution in [-0.2, 0) is 28.6 Å². The van der Waals surface area contributed by atoms with Gasteiger partial charge < -0.3 is 24.4 Å². The lowest BCUT2D eigenvalue weighted by Crippen LogP contribution is -2.54. The van der Waals surface area contributed by atoms with Gasteiger partial charge in [-0.2, -0.15) is 0 Å². The summed E-state index contributed by atoms with van der Waals surface area (Å²) in [7, 11) is 0. The summed E-state index contributed by atoms with van der Waals surface area (Å²) in [6.07, 6.45) is 10.1. The molecule has 0 aromatic heterocycles. The second-order valence-corrected chi connectivity index (χ2v) is 14.1. The molecular formula is C32H50O9. The van der Waals surface area contributed by atoms with E-state index in [0.29, 0.717) is 29.1 Å². The number of carbonyl (C=O) groups is 4. The topological polar surface area (TPSA) is 136 Å². The Morgan fingerprint density at radius 3 is 2.24 bits per heavy atom. The summed E-state index contributed by atoms with van der Waals surface area (Å²) in [5, 5.41) is 18.1. The number of hydrogen-bond donors (Lipinski definition) is 2. The third-order valence-electron chi connectivity index (χ3n) is 12.1. The molecule has 0 saturated heterocycles. The molecule has 41 heavy (non-hydrogen) atoms. The molecule has 0 spiro atoms. The van der Waals surface area contributed by atoms with Crippen molar-refractivity contribution in [2.24, 2.45) is 52.3 Å². The van der Waals surface area contributed by atoms with Gasteiger partial charge in [-0.3, -0.25) is 14.4 Å². The van der Waals surface area contributed by atoms with Gasteiger partial charge in [-0.05, 0) is 117 Å². The molecule has 232 valence electrons. The van der Waals surface area contributed by atoms with Crippen molar-refractivity contribution < 1.29 is 43.6 Å². The van der Waals surface area contributed by atoms with Crippen LogP contribution in [0, 0.1) is 52.3 Å². The molecule has 9 nitrogen and oxygen atoms in total. The molecule has 0 aliphatic heterocycles. The van der Waals surface area contributed by atoms with Gasteiger partial charge in [-0.25, -0.2) is 4.79 Å². The van der Waals surface area contributed by atoms with Crippen LogP contribution in [0.2, 0.25) is 0 Å². The van der Waals surface area contributed by atoms with Gasteiger partial charge in [-0.1, -0.05) is 27.7 Å². The number of rotatable bonds is 11. The maximum Gasteiger partial charge on any atom is 0.511 e. The van der Waals surface area contributed by atoms with Crippen LogP contribution < -0.4 is 0 Å². The normalized spacial score (nSPS) is 37.5. The Balaban J connectivity index is 1.25. The SMILES string of the molecule is CC(CCC(=O)OCOC(=O)O[C@@H]1CC[C@]2(C)C3CC[C@@]4(C)C(CCC4[C@H](C)CCC(=O)O)C3CC[C@@H]2C1)C(=O)O. The van der Waals surface area contributed by atoms with E-state index in [1.165, 1.54) is 39.0 Å². The van der Waals surface area contributed by atoms with Crippen molar-refractivity contribution in [3.8, 4) is 0 Å². The highest BCUT2D eigenvalue weighted by molar-refractivity contribution is 5.72. The first kappa shape index (κ1) is 31.6. The van der Waals surface area contributed by atoms with E-state index >= 15 is 0 Å². The van der Waals surface area contributed by atoms with E-state index in [1.54, 1.807) is 0 Å². The van der Waals surface area contributed by atoms with Gasteiger partial charge in [0.2, 0.25) is 6.79 Å². The number of hydrogen-bond acceptors (Lipinski definition) is 7. The number of carboxylic acid groups (broad SMARTS) is 2. The summed E-state index contributed by atoms with van der Waals surface area (Å²) in [5.41, 5.74) is 0.550. The molecule has 2 N–H and O–H groups in total. The van der Waals surface area contributed by atoms with Crippen LogP contribution in [0.4, 0.5) is 4.79 Å². The molecule has 9 heteroatoms. The Morgan fingerprint density at radius 1 is 0.829 bits per heavy atom. The third kappa shape index (κ3) is 6.85. The van der Waals surface area contributed by atoms with Gasteiger partial charge in [-0.15, -0.1) is 0 Å². The predicted molar refractivity (Wildman–Crippen MR) is 150 cm³/mol. The summed E-state index contributed by atoms with van der Waals surface area (Å²) >= 11 is 0. The second-order valence-electron chi connectivity index (χ2n) is 14.1. The maximum absolute atomic E-state index is 12.3. The zero-order chi connectivity index (χ0) is 29.9. The average molecular weight is 579 g/mol.